The first-order valence-electron chi connectivity index (χ1n) is 4.07. The van der Waals surface area contributed by atoms with Crippen molar-refractivity contribution in [3.8, 4) is 0 Å². The van der Waals surface area contributed by atoms with Crippen LogP contribution in [0.3, 0.4) is 0 Å². The molecule has 0 aromatic heterocycles. The number of halogens is 3. The highest BCUT2D eigenvalue weighted by Crippen LogP contribution is 2.27. The van der Waals surface area contributed by atoms with Gasteiger partial charge in [-0.3, -0.25) is 0 Å². The van der Waals surface area contributed by atoms with E-state index in [1.165, 1.54) is 0 Å². The van der Waals surface area contributed by atoms with Crippen molar-refractivity contribution in [2.24, 2.45) is 0 Å². The van der Waals surface area contributed by atoms with E-state index in [-0.39, 0.29) is 13.1 Å². The van der Waals surface area contributed by atoms with Crippen molar-refractivity contribution < 1.29 is 21.6 Å². The quantitative estimate of drug-likeness (QED) is 0.639. The zero-order chi connectivity index (χ0) is 10.8. The summed E-state index contributed by atoms with van der Waals surface area (Å²) in [7, 11) is -5.13. The van der Waals surface area contributed by atoms with E-state index in [9.17, 15) is 21.6 Å². The lowest BCUT2D eigenvalue weighted by atomic mass is 10.4. The van der Waals surface area contributed by atoms with Gasteiger partial charge in [0.15, 0.2) is 0 Å². The van der Waals surface area contributed by atoms with Crippen molar-refractivity contribution in [2.75, 3.05) is 13.1 Å². The first kappa shape index (κ1) is 11.5. The number of hydrogen-bond donors (Lipinski definition) is 0. The Kier molecular flexibility index (Phi) is 3.20. The normalized spacial score (nSPS) is 20.8. The van der Waals surface area contributed by atoms with Gasteiger partial charge in [0.1, 0.15) is 0 Å². The van der Waals surface area contributed by atoms with Gasteiger partial charge in [0.25, 0.3) is 0 Å². The molecule has 0 aromatic carbocycles. The molecule has 0 atom stereocenters. The highest BCUT2D eigenvalue weighted by molar-refractivity contribution is 7.90. The average molecular weight is 229 g/mol. The van der Waals surface area contributed by atoms with Gasteiger partial charge in [0.2, 0.25) is 0 Å². The molecule has 1 aliphatic heterocycles. The van der Waals surface area contributed by atoms with E-state index in [2.05, 4.69) is 0 Å². The topological polar surface area (TPSA) is 37.4 Å². The minimum absolute atomic E-state index is 0.0989. The summed E-state index contributed by atoms with van der Waals surface area (Å²) in [6.45, 7) is -0.198. The lowest BCUT2D eigenvalue weighted by molar-refractivity contribution is -0.0488. The van der Waals surface area contributed by atoms with Crippen molar-refractivity contribution in [1.82, 2.24) is 4.31 Å². The maximum absolute atomic E-state index is 12.1. The third-order valence-corrected chi connectivity index (χ3v) is 3.52. The van der Waals surface area contributed by atoms with E-state index in [1.807, 2.05) is 0 Å². The van der Waals surface area contributed by atoms with E-state index in [1.54, 1.807) is 12.2 Å². The van der Waals surface area contributed by atoms with Crippen LogP contribution in [0.4, 0.5) is 13.2 Å². The van der Waals surface area contributed by atoms with Crippen LogP contribution in [0, 0.1) is 0 Å². The molecular formula is C7H10F3NO2S. The zero-order valence-corrected chi connectivity index (χ0v) is 8.11. The van der Waals surface area contributed by atoms with Crippen molar-refractivity contribution in [1.29, 1.82) is 0 Å². The Balaban J connectivity index is 2.83. The van der Waals surface area contributed by atoms with Crippen LogP contribution in [-0.2, 0) is 10.0 Å². The standard InChI is InChI=1S/C7H10F3NO2S/c8-7(9,10)14(12,13)11-5-3-1-2-4-6-11/h1-2H,3-6H2. The van der Waals surface area contributed by atoms with Crippen molar-refractivity contribution >= 4 is 10.0 Å². The lowest BCUT2D eigenvalue weighted by Crippen LogP contribution is -2.41. The van der Waals surface area contributed by atoms with Gasteiger partial charge in [-0.15, -0.1) is 0 Å². The number of rotatable bonds is 1. The smallest absolute Gasteiger partial charge is 0.203 e. The minimum atomic E-state index is -5.18. The predicted octanol–water partition coefficient (Wildman–Crippen LogP) is 1.49. The molecule has 0 aromatic rings. The number of alkyl halides is 3. The second-order valence-electron chi connectivity index (χ2n) is 2.90. The third kappa shape index (κ3) is 2.27. The van der Waals surface area contributed by atoms with Crippen molar-refractivity contribution in [3.63, 3.8) is 0 Å². The molecule has 1 rings (SSSR count). The Bertz CT molecular complexity index is 310. The molecule has 0 saturated carbocycles. The van der Waals surface area contributed by atoms with Crippen molar-refractivity contribution in [3.05, 3.63) is 12.2 Å². The largest absolute Gasteiger partial charge is 0.511 e. The first-order valence-corrected chi connectivity index (χ1v) is 5.51. The maximum Gasteiger partial charge on any atom is 0.511 e. The summed E-state index contributed by atoms with van der Waals surface area (Å²) in [4.78, 5) is 0. The Morgan fingerprint density at radius 2 is 1.50 bits per heavy atom. The third-order valence-electron chi connectivity index (χ3n) is 1.89. The van der Waals surface area contributed by atoms with Gasteiger partial charge in [0.05, 0.1) is 0 Å². The zero-order valence-electron chi connectivity index (χ0n) is 7.29. The Labute approximate surface area is 80.3 Å². The molecule has 3 nitrogen and oxygen atoms in total. The van der Waals surface area contributed by atoms with Crippen LogP contribution in [-0.4, -0.2) is 31.3 Å². The second kappa shape index (κ2) is 3.90. The molecule has 14 heavy (non-hydrogen) atoms. The maximum atomic E-state index is 12.1. The molecule has 1 heterocycles. The highest BCUT2D eigenvalue weighted by atomic mass is 32.2. The lowest BCUT2D eigenvalue weighted by Gasteiger charge is -2.20. The summed E-state index contributed by atoms with van der Waals surface area (Å²) in [6.07, 6.45) is 4.03. The molecule has 0 aliphatic carbocycles. The fourth-order valence-electron chi connectivity index (χ4n) is 1.17. The van der Waals surface area contributed by atoms with Gasteiger partial charge in [-0.05, 0) is 12.8 Å². The van der Waals surface area contributed by atoms with Crippen LogP contribution in [0.1, 0.15) is 12.8 Å². The molecule has 0 saturated heterocycles. The van der Waals surface area contributed by atoms with Gasteiger partial charge in [-0.1, -0.05) is 12.2 Å². The van der Waals surface area contributed by atoms with E-state index in [4.69, 9.17) is 0 Å². The fourth-order valence-corrected chi connectivity index (χ4v) is 2.16. The van der Waals surface area contributed by atoms with Crippen LogP contribution < -0.4 is 0 Å². The molecule has 0 fully saturated rings. The molecule has 0 bridgehead atoms. The summed E-state index contributed by atoms with van der Waals surface area (Å²) in [6, 6.07) is 0. The van der Waals surface area contributed by atoms with Crippen molar-refractivity contribution in [2.45, 2.75) is 18.3 Å². The average Bonchev–Trinajstić information content (AvgIpc) is 2.29. The molecule has 0 spiro atoms. The van der Waals surface area contributed by atoms with Gasteiger partial charge in [-0.2, -0.15) is 17.5 Å². The van der Waals surface area contributed by atoms with E-state index in [0.717, 1.165) is 0 Å². The monoisotopic (exact) mass is 229 g/mol. The molecule has 0 unspecified atom stereocenters. The van der Waals surface area contributed by atoms with Gasteiger partial charge < -0.3 is 0 Å². The number of nitrogens with zero attached hydrogens (tertiary/aromatic N) is 1. The molecule has 7 heteroatoms. The Morgan fingerprint density at radius 1 is 1.07 bits per heavy atom. The molecule has 0 N–H and O–H groups in total. The molecule has 0 amide bonds. The molecular weight excluding hydrogens is 219 g/mol. The van der Waals surface area contributed by atoms with Gasteiger partial charge in [-0.25, -0.2) is 8.42 Å². The minimum Gasteiger partial charge on any atom is -0.203 e. The van der Waals surface area contributed by atoms with Gasteiger partial charge in [0, 0.05) is 13.1 Å². The highest BCUT2D eigenvalue weighted by Gasteiger charge is 2.49. The molecule has 82 valence electrons. The van der Waals surface area contributed by atoms with E-state index < -0.39 is 15.5 Å². The van der Waals surface area contributed by atoms with Gasteiger partial charge >= 0.3 is 15.5 Å². The SMILES string of the molecule is O=S(=O)(N1CCC=CCC1)C(F)(F)F. The van der Waals surface area contributed by atoms with Crippen LogP contribution >= 0.6 is 0 Å². The van der Waals surface area contributed by atoms with E-state index >= 15 is 0 Å². The Hall–Kier alpha value is -0.560. The van der Waals surface area contributed by atoms with Crippen LogP contribution in [0.15, 0.2) is 12.2 Å². The van der Waals surface area contributed by atoms with Crippen LogP contribution in [0.5, 0.6) is 0 Å². The second-order valence-corrected chi connectivity index (χ2v) is 4.83. The summed E-state index contributed by atoms with van der Waals surface area (Å²) >= 11 is 0. The fraction of sp³-hybridized carbons (Fsp3) is 0.714. The number of sulfonamides is 1. The molecule has 1 aliphatic rings. The molecule has 0 radical (unpaired) electrons. The first-order chi connectivity index (χ1) is 6.36. The van der Waals surface area contributed by atoms with E-state index in [0.29, 0.717) is 17.1 Å². The summed E-state index contributed by atoms with van der Waals surface area (Å²) < 4.78 is 58.6. The summed E-state index contributed by atoms with van der Waals surface area (Å²) in [5.41, 5.74) is -5.18. The van der Waals surface area contributed by atoms with Crippen LogP contribution in [0.25, 0.3) is 0 Å². The van der Waals surface area contributed by atoms with Crippen LogP contribution in [0.2, 0.25) is 0 Å². The summed E-state index contributed by atoms with van der Waals surface area (Å²) in [5.74, 6) is 0. The predicted molar refractivity (Wildman–Crippen MR) is 44.9 cm³/mol. The summed E-state index contributed by atoms with van der Waals surface area (Å²) in [5, 5.41) is 0. The Morgan fingerprint density at radius 3 is 1.86 bits per heavy atom. The number of hydrogen-bond acceptors (Lipinski definition) is 2.